The number of methoxy groups -OCH3 is 1. The smallest absolute Gasteiger partial charge is 0.249 e. The lowest BCUT2D eigenvalue weighted by Gasteiger charge is -2.17. The first kappa shape index (κ1) is 20.4. The summed E-state index contributed by atoms with van der Waals surface area (Å²) in [5.74, 6) is 0.732. The molecule has 0 spiro atoms. The number of imidazole rings is 1. The first-order valence-corrected chi connectivity index (χ1v) is 9.77. The first-order valence-electron chi connectivity index (χ1n) is 9.77. The highest BCUT2D eigenvalue weighted by Crippen LogP contribution is 2.15. The number of nitrogens with one attached hydrogen (secondary N) is 3. The molecule has 0 radical (unpaired) electrons. The zero-order chi connectivity index (χ0) is 20.6. The van der Waals surface area contributed by atoms with E-state index in [1.807, 2.05) is 55.5 Å². The molecule has 0 aliphatic rings. The molecule has 3 aromatic rings. The quantitative estimate of drug-likeness (QED) is 0.518. The van der Waals surface area contributed by atoms with Gasteiger partial charge in [0.05, 0.1) is 18.1 Å². The summed E-state index contributed by atoms with van der Waals surface area (Å²) in [5.41, 5.74) is 2.66. The zero-order valence-corrected chi connectivity index (χ0v) is 16.7. The summed E-state index contributed by atoms with van der Waals surface area (Å²) in [5, 5.41) is 5.62. The molecule has 152 valence electrons. The molecule has 1 heterocycles. The van der Waals surface area contributed by atoms with Crippen molar-refractivity contribution in [3.63, 3.8) is 0 Å². The van der Waals surface area contributed by atoms with Crippen molar-refractivity contribution in [1.29, 1.82) is 0 Å². The van der Waals surface area contributed by atoms with Crippen LogP contribution < -0.4 is 15.4 Å². The van der Waals surface area contributed by atoms with Crippen LogP contribution in [0.3, 0.4) is 0 Å². The average Bonchev–Trinajstić information content (AvgIpc) is 3.14. The van der Waals surface area contributed by atoms with Crippen LogP contribution in [0.2, 0.25) is 0 Å². The van der Waals surface area contributed by atoms with Crippen LogP contribution in [0.1, 0.15) is 31.7 Å². The third-order valence-electron chi connectivity index (χ3n) is 4.66. The van der Waals surface area contributed by atoms with Gasteiger partial charge in [0.1, 0.15) is 11.8 Å². The molecule has 1 aromatic heterocycles. The van der Waals surface area contributed by atoms with E-state index >= 15 is 0 Å². The lowest BCUT2D eigenvalue weighted by atomic mass is 10.1. The molecular formula is C22H26N4O3. The van der Waals surface area contributed by atoms with E-state index in [0.29, 0.717) is 25.2 Å². The van der Waals surface area contributed by atoms with E-state index in [0.717, 1.165) is 28.8 Å². The number of H-pyrrole nitrogens is 1. The van der Waals surface area contributed by atoms with Crippen molar-refractivity contribution < 1.29 is 14.3 Å². The van der Waals surface area contributed by atoms with Crippen molar-refractivity contribution in [3.05, 3.63) is 54.1 Å². The van der Waals surface area contributed by atoms with Gasteiger partial charge in [0.2, 0.25) is 17.8 Å². The minimum Gasteiger partial charge on any atom is -0.497 e. The van der Waals surface area contributed by atoms with Crippen LogP contribution in [-0.2, 0) is 16.0 Å². The second kappa shape index (κ2) is 9.73. The number of rotatable bonds is 9. The molecule has 3 rings (SSSR count). The SMILES string of the molecule is CCCC(NC(=O)CCc1ccc(OC)cc1)C(=O)Nc1nc2ccccc2[nH]1. The number of fused-ring (bicyclic) bond motifs is 1. The topological polar surface area (TPSA) is 96.1 Å². The lowest BCUT2D eigenvalue weighted by molar-refractivity contribution is -0.126. The van der Waals surface area contributed by atoms with Crippen LogP contribution in [0, 0.1) is 0 Å². The van der Waals surface area contributed by atoms with E-state index in [1.165, 1.54) is 0 Å². The van der Waals surface area contributed by atoms with Gasteiger partial charge < -0.3 is 15.0 Å². The van der Waals surface area contributed by atoms with Crippen molar-refractivity contribution in [3.8, 4) is 5.75 Å². The average molecular weight is 394 g/mol. The minimum atomic E-state index is -0.600. The van der Waals surface area contributed by atoms with Crippen LogP contribution >= 0.6 is 0 Å². The number of para-hydroxylation sites is 2. The molecule has 0 fully saturated rings. The Bertz CT molecular complexity index is 933. The van der Waals surface area contributed by atoms with E-state index < -0.39 is 6.04 Å². The molecule has 7 nitrogen and oxygen atoms in total. The second-order valence-corrected chi connectivity index (χ2v) is 6.85. The predicted molar refractivity (Wildman–Crippen MR) is 113 cm³/mol. The van der Waals surface area contributed by atoms with Gasteiger partial charge in [0.25, 0.3) is 0 Å². The maximum atomic E-state index is 12.7. The van der Waals surface area contributed by atoms with Gasteiger partial charge in [-0.05, 0) is 42.7 Å². The summed E-state index contributed by atoms with van der Waals surface area (Å²) in [4.78, 5) is 32.5. The van der Waals surface area contributed by atoms with Gasteiger partial charge in [-0.15, -0.1) is 0 Å². The maximum absolute atomic E-state index is 12.7. The standard InChI is InChI=1S/C22H26N4O3/c1-3-6-19(21(28)26-22-24-17-7-4-5-8-18(17)25-22)23-20(27)14-11-15-9-12-16(29-2)13-10-15/h4-5,7-10,12-13,19H,3,6,11,14H2,1-2H3,(H,23,27)(H2,24,25,26,28). The van der Waals surface area contributed by atoms with Crippen LogP contribution in [0.25, 0.3) is 11.0 Å². The maximum Gasteiger partial charge on any atom is 0.249 e. The number of anilines is 1. The van der Waals surface area contributed by atoms with Gasteiger partial charge in [-0.2, -0.15) is 0 Å². The number of benzene rings is 2. The lowest BCUT2D eigenvalue weighted by Crippen LogP contribution is -2.44. The summed E-state index contributed by atoms with van der Waals surface area (Å²) in [6.45, 7) is 1.98. The first-order chi connectivity index (χ1) is 14.1. The number of hydrogen-bond donors (Lipinski definition) is 3. The zero-order valence-electron chi connectivity index (χ0n) is 16.7. The highest BCUT2D eigenvalue weighted by Gasteiger charge is 2.21. The summed E-state index contributed by atoms with van der Waals surface area (Å²) in [7, 11) is 1.62. The van der Waals surface area contributed by atoms with E-state index in [4.69, 9.17) is 4.74 Å². The normalized spacial score (nSPS) is 11.8. The monoisotopic (exact) mass is 394 g/mol. The summed E-state index contributed by atoms with van der Waals surface area (Å²) < 4.78 is 5.14. The number of hydrogen-bond acceptors (Lipinski definition) is 4. The van der Waals surface area contributed by atoms with Crippen molar-refractivity contribution in [2.75, 3.05) is 12.4 Å². The Labute approximate surface area is 169 Å². The van der Waals surface area contributed by atoms with Crippen LogP contribution in [0.5, 0.6) is 5.75 Å². The predicted octanol–water partition coefficient (Wildman–Crippen LogP) is 3.43. The Morgan fingerprint density at radius 1 is 1.14 bits per heavy atom. The molecule has 1 unspecified atom stereocenters. The molecule has 0 saturated heterocycles. The van der Waals surface area contributed by atoms with Crippen LogP contribution in [0.15, 0.2) is 48.5 Å². The Kier molecular flexibility index (Phi) is 6.84. The molecule has 2 aromatic carbocycles. The molecule has 7 heteroatoms. The van der Waals surface area contributed by atoms with Gasteiger partial charge >= 0.3 is 0 Å². The third kappa shape index (κ3) is 5.57. The van der Waals surface area contributed by atoms with Gasteiger partial charge in [0.15, 0.2) is 0 Å². The fourth-order valence-electron chi connectivity index (χ4n) is 3.09. The fraction of sp³-hybridized carbons (Fsp3) is 0.318. The van der Waals surface area contributed by atoms with Crippen LogP contribution in [-0.4, -0.2) is 34.9 Å². The number of aryl methyl sites for hydroxylation is 1. The number of carbonyl (C=O) groups is 2. The second-order valence-electron chi connectivity index (χ2n) is 6.85. The van der Waals surface area contributed by atoms with Crippen LogP contribution in [0.4, 0.5) is 5.95 Å². The molecular weight excluding hydrogens is 368 g/mol. The molecule has 0 saturated carbocycles. The van der Waals surface area contributed by atoms with E-state index in [-0.39, 0.29) is 11.8 Å². The molecule has 2 amide bonds. The van der Waals surface area contributed by atoms with Gasteiger partial charge in [-0.3, -0.25) is 14.9 Å². The van der Waals surface area contributed by atoms with Crippen molar-refractivity contribution in [1.82, 2.24) is 15.3 Å². The Morgan fingerprint density at radius 3 is 2.59 bits per heavy atom. The summed E-state index contributed by atoms with van der Waals surface area (Å²) >= 11 is 0. The number of amides is 2. The van der Waals surface area contributed by atoms with E-state index in [1.54, 1.807) is 7.11 Å². The van der Waals surface area contributed by atoms with E-state index in [9.17, 15) is 9.59 Å². The highest BCUT2D eigenvalue weighted by molar-refractivity contribution is 5.97. The Balaban J connectivity index is 1.56. The van der Waals surface area contributed by atoms with Gasteiger partial charge in [-0.25, -0.2) is 4.98 Å². The van der Waals surface area contributed by atoms with Crippen molar-refractivity contribution >= 4 is 28.8 Å². The summed E-state index contributed by atoms with van der Waals surface area (Å²) in [6, 6.07) is 14.5. The van der Waals surface area contributed by atoms with Gasteiger partial charge in [-0.1, -0.05) is 37.6 Å². The molecule has 1 atom stereocenters. The number of aromatic nitrogens is 2. The molecule has 0 aliphatic heterocycles. The molecule has 0 bridgehead atoms. The number of ether oxygens (including phenoxy) is 1. The molecule has 29 heavy (non-hydrogen) atoms. The number of nitrogens with zero attached hydrogens (tertiary/aromatic N) is 1. The number of aromatic amines is 1. The molecule has 0 aliphatic carbocycles. The molecule has 3 N–H and O–H groups in total. The highest BCUT2D eigenvalue weighted by atomic mass is 16.5. The number of carbonyl (C=O) groups excluding carboxylic acids is 2. The third-order valence-corrected chi connectivity index (χ3v) is 4.66. The van der Waals surface area contributed by atoms with Crippen molar-refractivity contribution in [2.24, 2.45) is 0 Å². The Hall–Kier alpha value is -3.35. The minimum absolute atomic E-state index is 0.154. The van der Waals surface area contributed by atoms with E-state index in [2.05, 4.69) is 20.6 Å². The van der Waals surface area contributed by atoms with Gasteiger partial charge in [0, 0.05) is 6.42 Å². The Morgan fingerprint density at radius 2 is 1.90 bits per heavy atom. The largest absolute Gasteiger partial charge is 0.497 e. The fourth-order valence-corrected chi connectivity index (χ4v) is 3.09. The summed E-state index contributed by atoms with van der Waals surface area (Å²) in [6.07, 6.45) is 2.24. The van der Waals surface area contributed by atoms with Crippen molar-refractivity contribution in [2.45, 2.75) is 38.6 Å².